The van der Waals surface area contributed by atoms with Crippen molar-refractivity contribution in [2.75, 3.05) is 6.79 Å². The van der Waals surface area contributed by atoms with Crippen LogP contribution in [-0.2, 0) is 14.0 Å². The van der Waals surface area contributed by atoms with Crippen LogP contribution in [0.3, 0.4) is 0 Å². The van der Waals surface area contributed by atoms with Gasteiger partial charge in [0.2, 0.25) is 0 Å². The van der Waals surface area contributed by atoms with Gasteiger partial charge in [0.25, 0.3) is 0 Å². The third-order valence-corrected chi connectivity index (χ3v) is 1.16. The lowest BCUT2D eigenvalue weighted by Crippen LogP contribution is -2.42. The lowest BCUT2D eigenvalue weighted by molar-refractivity contribution is -0.238. The normalized spacial score (nSPS) is 26.3. The maximum absolute atomic E-state index is 5.23. The van der Waals surface area contributed by atoms with E-state index in [2.05, 4.69) is 0 Å². The molecule has 1 aliphatic rings. The topological polar surface area (TPSA) is 27.7 Å². The molecule has 0 amide bonds. The summed E-state index contributed by atoms with van der Waals surface area (Å²) in [6, 6.07) is 0. The number of ether oxygens (including phenoxy) is 1. The van der Waals surface area contributed by atoms with E-state index in [0.29, 0.717) is 6.79 Å². The molecule has 0 radical (unpaired) electrons. The van der Waals surface area contributed by atoms with Crippen molar-refractivity contribution in [2.24, 2.45) is 0 Å². The first kappa shape index (κ1) is 7.06. The summed E-state index contributed by atoms with van der Waals surface area (Å²) in [5.74, 6) is -0.475. The summed E-state index contributed by atoms with van der Waals surface area (Å²) in [4.78, 5) is 0. The van der Waals surface area contributed by atoms with Crippen molar-refractivity contribution >= 4 is 7.12 Å². The Labute approximate surface area is 55.4 Å². The van der Waals surface area contributed by atoms with Gasteiger partial charge in [0.15, 0.2) is 5.79 Å². The summed E-state index contributed by atoms with van der Waals surface area (Å²) < 4.78 is 15.3. The molecule has 52 valence electrons. The van der Waals surface area contributed by atoms with Crippen LogP contribution in [0.1, 0.15) is 13.8 Å². The Kier molecular flexibility index (Phi) is 1.79. The van der Waals surface area contributed by atoms with Crippen molar-refractivity contribution in [3.63, 3.8) is 0 Å². The van der Waals surface area contributed by atoms with Crippen LogP contribution in [0, 0.1) is 0 Å². The minimum atomic E-state index is -0.475. The molecule has 1 fully saturated rings. The predicted molar refractivity (Wildman–Crippen MR) is 33.8 cm³/mol. The van der Waals surface area contributed by atoms with Crippen LogP contribution in [0.15, 0.2) is 0 Å². The molecule has 0 aromatic rings. The molecule has 0 atom stereocenters. The smallest absolute Gasteiger partial charge is 0.388 e. The molecule has 0 aromatic carbocycles. The van der Waals surface area contributed by atoms with Gasteiger partial charge in [-0.1, -0.05) is 0 Å². The predicted octanol–water partition coefficient (Wildman–Crippen LogP) is 0.861. The average Bonchev–Trinajstić information content (AvgIpc) is 1.60. The molecule has 0 N–H and O–H groups in total. The van der Waals surface area contributed by atoms with E-state index >= 15 is 0 Å². The van der Waals surface area contributed by atoms with Gasteiger partial charge in [0.1, 0.15) is 6.79 Å². The summed E-state index contributed by atoms with van der Waals surface area (Å²) in [5.41, 5.74) is 0. The van der Waals surface area contributed by atoms with Crippen molar-refractivity contribution < 1.29 is 14.0 Å². The van der Waals surface area contributed by atoms with Gasteiger partial charge in [-0.05, 0) is 20.7 Å². The number of hydrogen-bond acceptors (Lipinski definition) is 3. The molecule has 4 heteroatoms. The summed E-state index contributed by atoms with van der Waals surface area (Å²) in [6.45, 7) is 5.91. The average molecular weight is 130 g/mol. The Balaban J connectivity index is 2.41. The molecule has 0 bridgehead atoms. The first-order valence-electron chi connectivity index (χ1n) is 3.03. The number of rotatable bonds is 0. The van der Waals surface area contributed by atoms with Gasteiger partial charge in [-0.2, -0.15) is 0 Å². The molecule has 0 unspecified atom stereocenters. The first-order chi connectivity index (χ1) is 4.10. The van der Waals surface area contributed by atoms with Gasteiger partial charge in [-0.25, -0.2) is 0 Å². The van der Waals surface area contributed by atoms with Gasteiger partial charge in [0.05, 0.1) is 0 Å². The summed E-state index contributed by atoms with van der Waals surface area (Å²) in [5, 5.41) is 0. The highest BCUT2D eigenvalue weighted by atomic mass is 16.8. The third-order valence-electron chi connectivity index (χ3n) is 1.16. The van der Waals surface area contributed by atoms with Crippen LogP contribution in [0.5, 0.6) is 0 Å². The Hall–Kier alpha value is -0.0551. The Morgan fingerprint density at radius 1 is 1.44 bits per heavy atom. The molecule has 1 heterocycles. The zero-order valence-corrected chi connectivity index (χ0v) is 6.01. The first-order valence-corrected chi connectivity index (χ1v) is 3.03. The maximum atomic E-state index is 5.23. The highest BCUT2D eigenvalue weighted by Gasteiger charge is 2.30. The van der Waals surface area contributed by atoms with Crippen LogP contribution in [0.2, 0.25) is 6.82 Å². The lowest BCUT2D eigenvalue weighted by Gasteiger charge is -2.32. The van der Waals surface area contributed by atoms with Crippen molar-refractivity contribution in [2.45, 2.75) is 26.5 Å². The fraction of sp³-hybridized carbons (Fsp3) is 1.00. The van der Waals surface area contributed by atoms with Crippen molar-refractivity contribution in [1.29, 1.82) is 0 Å². The minimum Gasteiger partial charge on any atom is -0.388 e. The molecule has 1 aliphatic heterocycles. The van der Waals surface area contributed by atoms with Crippen molar-refractivity contribution in [3.8, 4) is 0 Å². The van der Waals surface area contributed by atoms with Crippen LogP contribution >= 0.6 is 0 Å². The second kappa shape index (κ2) is 2.29. The van der Waals surface area contributed by atoms with E-state index in [9.17, 15) is 0 Å². The standard InChI is InChI=1S/C5H11BO3/c1-5(2)7-4-8-6(3)9-5/h4H2,1-3H3. The molecule has 1 saturated heterocycles. The van der Waals surface area contributed by atoms with Gasteiger partial charge in [0, 0.05) is 0 Å². The summed E-state index contributed by atoms with van der Waals surface area (Å²) >= 11 is 0. The summed E-state index contributed by atoms with van der Waals surface area (Å²) in [7, 11) is -0.145. The second-order valence-electron chi connectivity index (χ2n) is 2.51. The quantitative estimate of drug-likeness (QED) is 0.455. The van der Waals surface area contributed by atoms with Gasteiger partial charge in [-0.3, -0.25) is 0 Å². The molecule has 9 heavy (non-hydrogen) atoms. The number of hydrogen-bond donors (Lipinski definition) is 0. The molecule has 0 aromatic heterocycles. The summed E-state index contributed by atoms with van der Waals surface area (Å²) in [6.07, 6.45) is 0. The molecule has 0 aliphatic carbocycles. The Bertz CT molecular complexity index is 104. The van der Waals surface area contributed by atoms with E-state index in [0.717, 1.165) is 0 Å². The molecule has 0 spiro atoms. The van der Waals surface area contributed by atoms with E-state index in [-0.39, 0.29) is 7.12 Å². The fourth-order valence-electron chi connectivity index (χ4n) is 0.739. The largest absolute Gasteiger partial charge is 0.457 e. The molecule has 3 nitrogen and oxygen atoms in total. The van der Waals surface area contributed by atoms with Gasteiger partial charge >= 0.3 is 7.12 Å². The monoisotopic (exact) mass is 130 g/mol. The van der Waals surface area contributed by atoms with Gasteiger partial charge < -0.3 is 14.0 Å². The van der Waals surface area contributed by atoms with Crippen LogP contribution in [-0.4, -0.2) is 19.7 Å². The zero-order valence-electron chi connectivity index (χ0n) is 6.01. The minimum absolute atomic E-state index is 0.145. The second-order valence-corrected chi connectivity index (χ2v) is 2.51. The van der Waals surface area contributed by atoms with E-state index in [1.54, 1.807) is 0 Å². The van der Waals surface area contributed by atoms with Crippen molar-refractivity contribution in [1.82, 2.24) is 0 Å². The lowest BCUT2D eigenvalue weighted by atomic mass is 9.94. The molecule has 1 rings (SSSR count). The molecule has 0 saturated carbocycles. The van der Waals surface area contributed by atoms with E-state index in [1.165, 1.54) is 0 Å². The van der Waals surface area contributed by atoms with E-state index in [4.69, 9.17) is 14.0 Å². The molecular formula is C5H11BO3. The highest BCUT2D eigenvalue weighted by Crippen LogP contribution is 2.17. The van der Waals surface area contributed by atoms with E-state index < -0.39 is 5.79 Å². The van der Waals surface area contributed by atoms with Crippen LogP contribution < -0.4 is 0 Å². The van der Waals surface area contributed by atoms with Gasteiger partial charge in [-0.15, -0.1) is 0 Å². The van der Waals surface area contributed by atoms with Crippen LogP contribution in [0.4, 0.5) is 0 Å². The maximum Gasteiger partial charge on any atom is 0.457 e. The Morgan fingerprint density at radius 2 is 2.11 bits per heavy atom. The Morgan fingerprint density at radius 3 is 2.44 bits per heavy atom. The third kappa shape index (κ3) is 1.97. The molecular weight excluding hydrogens is 119 g/mol. The fourth-order valence-corrected chi connectivity index (χ4v) is 0.739. The highest BCUT2D eigenvalue weighted by molar-refractivity contribution is 6.42. The zero-order chi connectivity index (χ0) is 6.91. The SMILES string of the molecule is CB1OCOC(C)(C)O1. The van der Waals surface area contributed by atoms with E-state index in [1.807, 2.05) is 20.7 Å². The van der Waals surface area contributed by atoms with Crippen molar-refractivity contribution in [3.05, 3.63) is 0 Å². The van der Waals surface area contributed by atoms with Crippen LogP contribution in [0.25, 0.3) is 0 Å².